The zero-order valence-electron chi connectivity index (χ0n) is 7.26. The Morgan fingerprint density at radius 1 is 1.75 bits per heavy atom. The van der Waals surface area contributed by atoms with Crippen LogP contribution in [0, 0.1) is 0 Å². The Balaban J connectivity index is 2.10. The molecule has 0 radical (unpaired) electrons. The maximum Gasteiger partial charge on any atom is 0.207 e. The highest BCUT2D eigenvalue weighted by Gasteiger charge is 2.50. The van der Waals surface area contributed by atoms with E-state index in [0.717, 1.165) is 12.8 Å². The number of carbonyl (C=O) groups excluding carboxylic acids is 1. The summed E-state index contributed by atoms with van der Waals surface area (Å²) in [5, 5.41) is 6.25. The largest absolute Gasteiger partial charge is 0.383 e. The molecule has 1 aliphatic carbocycles. The minimum atomic E-state index is 0.209. The highest BCUT2D eigenvalue weighted by molar-refractivity contribution is 5.48. The van der Waals surface area contributed by atoms with Crippen molar-refractivity contribution in [2.24, 2.45) is 0 Å². The lowest BCUT2D eigenvalue weighted by Gasteiger charge is -2.31. The average molecular weight is 166 g/mol. The lowest BCUT2D eigenvalue weighted by molar-refractivity contribution is -0.110. The van der Waals surface area contributed by atoms with E-state index >= 15 is 0 Å². The zero-order chi connectivity index (χ0) is 8.60. The molecule has 2 aliphatic rings. The molecule has 1 fully saturated rings. The summed E-state index contributed by atoms with van der Waals surface area (Å²) in [5.41, 5.74) is 1.52. The number of hydrogen-bond donors (Lipinski definition) is 2. The van der Waals surface area contributed by atoms with Gasteiger partial charge in [0.15, 0.2) is 0 Å². The molecular formula is C9H14N2O. The molecule has 1 heterocycles. The topological polar surface area (TPSA) is 41.1 Å². The highest BCUT2D eigenvalue weighted by Crippen LogP contribution is 2.42. The van der Waals surface area contributed by atoms with Gasteiger partial charge in [-0.05, 0) is 32.4 Å². The van der Waals surface area contributed by atoms with Crippen LogP contribution in [-0.4, -0.2) is 18.0 Å². The number of carbonyl (C=O) groups is 1. The monoisotopic (exact) mass is 166 g/mol. The molecule has 2 rings (SSSR count). The fourth-order valence-corrected chi connectivity index (χ4v) is 1.87. The molecule has 1 amide bonds. The fourth-order valence-electron chi connectivity index (χ4n) is 1.87. The van der Waals surface area contributed by atoms with Crippen LogP contribution in [0.4, 0.5) is 0 Å². The van der Waals surface area contributed by atoms with Crippen LogP contribution in [0.3, 0.4) is 0 Å². The third kappa shape index (κ3) is 1.09. The first-order valence-corrected chi connectivity index (χ1v) is 4.40. The number of amides is 1. The number of rotatable bonds is 2. The van der Waals surface area contributed by atoms with Crippen molar-refractivity contribution in [3.8, 4) is 0 Å². The van der Waals surface area contributed by atoms with Crippen LogP contribution in [0.25, 0.3) is 0 Å². The van der Waals surface area contributed by atoms with E-state index in [-0.39, 0.29) is 5.54 Å². The summed E-state index contributed by atoms with van der Waals surface area (Å²) >= 11 is 0. The van der Waals surface area contributed by atoms with Crippen LogP contribution in [0.5, 0.6) is 0 Å². The quantitative estimate of drug-likeness (QED) is 0.587. The van der Waals surface area contributed by atoms with Gasteiger partial charge in [-0.1, -0.05) is 5.57 Å². The first kappa shape index (κ1) is 7.65. The average Bonchev–Trinajstić information content (AvgIpc) is 2.80. The summed E-state index contributed by atoms with van der Waals surface area (Å²) in [4.78, 5) is 10.3. The molecule has 12 heavy (non-hydrogen) atoms. The molecule has 0 bridgehead atoms. The van der Waals surface area contributed by atoms with Gasteiger partial charge < -0.3 is 10.6 Å². The highest BCUT2D eigenvalue weighted by atomic mass is 16.1. The molecule has 3 heteroatoms. The van der Waals surface area contributed by atoms with Gasteiger partial charge in [0.2, 0.25) is 6.41 Å². The summed E-state index contributed by atoms with van der Waals surface area (Å²) in [7, 11) is 0. The molecule has 0 aromatic heterocycles. The van der Waals surface area contributed by atoms with E-state index in [1.54, 1.807) is 0 Å². The van der Waals surface area contributed by atoms with Crippen LogP contribution in [-0.2, 0) is 4.79 Å². The van der Waals surface area contributed by atoms with E-state index in [4.69, 9.17) is 0 Å². The van der Waals surface area contributed by atoms with Gasteiger partial charge in [0.05, 0.1) is 11.6 Å². The first-order valence-electron chi connectivity index (χ1n) is 4.40. The second kappa shape index (κ2) is 2.51. The van der Waals surface area contributed by atoms with Crippen LogP contribution < -0.4 is 10.6 Å². The number of hydrogen-bond acceptors (Lipinski definition) is 2. The van der Waals surface area contributed by atoms with Gasteiger partial charge in [-0.25, -0.2) is 0 Å². The van der Waals surface area contributed by atoms with E-state index in [1.165, 1.54) is 18.4 Å². The van der Waals surface area contributed by atoms with Crippen LogP contribution in [0.2, 0.25) is 0 Å². The molecule has 1 aliphatic heterocycles. The van der Waals surface area contributed by atoms with Crippen molar-refractivity contribution in [2.75, 3.05) is 0 Å². The Morgan fingerprint density at radius 3 is 3.08 bits per heavy atom. The molecule has 3 nitrogen and oxygen atoms in total. The van der Waals surface area contributed by atoms with Gasteiger partial charge in [0, 0.05) is 0 Å². The van der Waals surface area contributed by atoms with Crippen LogP contribution in [0.15, 0.2) is 11.8 Å². The van der Waals surface area contributed by atoms with E-state index in [2.05, 4.69) is 23.8 Å². The molecule has 0 aromatic carbocycles. The molecule has 1 atom stereocenters. The van der Waals surface area contributed by atoms with Crippen molar-refractivity contribution in [3.63, 3.8) is 0 Å². The Hall–Kier alpha value is -0.990. The van der Waals surface area contributed by atoms with Gasteiger partial charge in [0.1, 0.15) is 0 Å². The van der Waals surface area contributed by atoms with E-state index in [1.807, 2.05) is 0 Å². The standard InChI is InChI=1S/C9H14N2O/c1-7-4-8(10-6-12)9(2-3-9)11-5-7/h5-6,8,11H,2-4H2,1H3,(H,10,12). The SMILES string of the molecule is CC1=CNC2(CC2)C(NC=O)C1. The molecule has 66 valence electrons. The maximum absolute atomic E-state index is 10.3. The van der Waals surface area contributed by atoms with Crippen molar-refractivity contribution < 1.29 is 4.79 Å². The molecule has 1 spiro atoms. The van der Waals surface area contributed by atoms with Crippen LogP contribution >= 0.6 is 0 Å². The Morgan fingerprint density at radius 2 is 2.50 bits per heavy atom. The van der Waals surface area contributed by atoms with Crippen molar-refractivity contribution in [1.82, 2.24) is 10.6 Å². The minimum absolute atomic E-state index is 0.209. The molecule has 0 aromatic rings. The second-order valence-corrected chi connectivity index (χ2v) is 3.83. The molecule has 1 unspecified atom stereocenters. The van der Waals surface area contributed by atoms with Crippen molar-refractivity contribution >= 4 is 6.41 Å². The minimum Gasteiger partial charge on any atom is -0.383 e. The van der Waals surface area contributed by atoms with Gasteiger partial charge in [-0.3, -0.25) is 4.79 Å². The van der Waals surface area contributed by atoms with Gasteiger partial charge >= 0.3 is 0 Å². The smallest absolute Gasteiger partial charge is 0.207 e. The van der Waals surface area contributed by atoms with Crippen molar-refractivity contribution in [2.45, 2.75) is 37.8 Å². The predicted molar refractivity (Wildman–Crippen MR) is 46.5 cm³/mol. The van der Waals surface area contributed by atoms with Gasteiger partial charge in [-0.15, -0.1) is 0 Å². The van der Waals surface area contributed by atoms with E-state index in [9.17, 15) is 4.79 Å². The Labute approximate surface area is 72.2 Å². The first-order chi connectivity index (χ1) is 5.77. The normalized spacial score (nSPS) is 30.4. The van der Waals surface area contributed by atoms with Gasteiger partial charge in [0.25, 0.3) is 0 Å². The van der Waals surface area contributed by atoms with E-state index < -0.39 is 0 Å². The summed E-state index contributed by atoms with van der Waals surface area (Å²) in [5.74, 6) is 0. The summed E-state index contributed by atoms with van der Waals surface area (Å²) < 4.78 is 0. The zero-order valence-corrected chi connectivity index (χ0v) is 7.26. The molecule has 0 saturated heterocycles. The lowest BCUT2D eigenvalue weighted by Crippen LogP contribution is -2.50. The van der Waals surface area contributed by atoms with Crippen molar-refractivity contribution in [3.05, 3.63) is 11.8 Å². The summed E-state index contributed by atoms with van der Waals surface area (Å²) in [6.45, 7) is 2.09. The van der Waals surface area contributed by atoms with E-state index in [0.29, 0.717) is 6.04 Å². The summed E-state index contributed by atoms with van der Waals surface area (Å²) in [6.07, 6.45) is 6.25. The van der Waals surface area contributed by atoms with Crippen molar-refractivity contribution in [1.29, 1.82) is 0 Å². The molecule has 1 saturated carbocycles. The number of nitrogens with one attached hydrogen (secondary N) is 2. The third-order valence-electron chi connectivity index (χ3n) is 2.86. The maximum atomic E-state index is 10.3. The van der Waals surface area contributed by atoms with Crippen LogP contribution in [0.1, 0.15) is 26.2 Å². The molecule has 2 N–H and O–H groups in total. The Bertz CT molecular complexity index is 231. The predicted octanol–water partition coefficient (Wildman–Crippen LogP) is 0.531. The van der Waals surface area contributed by atoms with Gasteiger partial charge in [-0.2, -0.15) is 0 Å². The Kier molecular flexibility index (Phi) is 1.60. The second-order valence-electron chi connectivity index (χ2n) is 3.83. The third-order valence-corrected chi connectivity index (χ3v) is 2.86. The molecular weight excluding hydrogens is 152 g/mol. The summed E-state index contributed by atoms with van der Waals surface area (Å²) in [6, 6.07) is 0.306. The lowest BCUT2D eigenvalue weighted by atomic mass is 9.95. The fraction of sp³-hybridized carbons (Fsp3) is 0.667.